The Morgan fingerprint density at radius 3 is 2.37 bits per heavy atom. The Balaban J connectivity index is 1.92. The molecule has 1 amide bonds. The molecule has 4 nitrogen and oxygen atoms in total. The first-order valence-electron chi connectivity index (χ1n) is 6.47. The van der Waals surface area contributed by atoms with Crippen molar-refractivity contribution in [3.8, 4) is 0 Å². The van der Waals surface area contributed by atoms with E-state index in [1.165, 1.54) is 0 Å². The summed E-state index contributed by atoms with van der Waals surface area (Å²) in [7, 11) is 0. The van der Waals surface area contributed by atoms with Crippen LogP contribution in [0, 0.1) is 0 Å². The van der Waals surface area contributed by atoms with Gasteiger partial charge in [0.15, 0.2) is 5.11 Å². The van der Waals surface area contributed by atoms with Crippen LogP contribution in [0.4, 0.5) is 0 Å². The van der Waals surface area contributed by atoms with Gasteiger partial charge in [-0.05, 0) is 44.5 Å². The van der Waals surface area contributed by atoms with E-state index in [1.807, 2.05) is 44.2 Å². The average molecular weight is 277 g/mol. The zero-order chi connectivity index (χ0) is 13.9. The molecule has 0 aliphatic heterocycles. The first-order valence-corrected chi connectivity index (χ1v) is 6.88. The van der Waals surface area contributed by atoms with Crippen molar-refractivity contribution < 1.29 is 4.79 Å². The first-order chi connectivity index (χ1) is 9.04. The predicted octanol–water partition coefficient (Wildman–Crippen LogP) is 1.62. The zero-order valence-corrected chi connectivity index (χ0v) is 12.0. The Morgan fingerprint density at radius 1 is 1.21 bits per heavy atom. The minimum atomic E-state index is -0.373. The molecule has 0 radical (unpaired) electrons. The van der Waals surface area contributed by atoms with Crippen LogP contribution < -0.4 is 16.2 Å². The second-order valence-electron chi connectivity index (χ2n) is 5.16. The van der Waals surface area contributed by atoms with E-state index in [2.05, 4.69) is 16.2 Å². The standard InChI is InChI=1S/C14H19N3OS/c1-10(2)15-13(19)17-16-12(18)14(8-9-14)11-6-4-3-5-7-11/h3-7,10H,8-9H2,1-2H3,(H,16,18)(H2,15,17,19). The van der Waals surface area contributed by atoms with Gasteiger partial charge in [0.05, 0.1) is 5.41 Å². The van der Waals surface area contributed by atoms with Crippen LogP contribution >= 0.6 is 12.2 Å². The van der Waals surface area contributed by atoms with Gasteiger partial charge in [0.25, 0.3) is 0 Å². The molecule has 1 aliphatic carbocycles. The monoisotopic (exact) mass is 277 g/mol. The van der Waals surface area contributed by atoms with Crippen LogP contribution in [0.25, 0.3) is 0 Å². The molecule has 0 heterocycles. The summed E-state index contributed by atoms with van der Waals surface area (Å²) in [6.45, 7) is 3.98. The van der Waals surface area contributed by atoms with Gasteiger partial charge >= 0.3 is 0 Å². The van der Waals surface area contributed by atoms with Crippen LogP contribution in [0.3, 0.4) is 0 Å². The Labute approximate surface area is 118 Å². The maximum absolute atomic E-state index is 12.3. The second kappa shape index (κ2) is 5.57. The number of benzene rings is 1. The number of carbonyl (C=O) groups is 1. The molecule has 0 aromatic heterocycles. The van der Waals surface area contributed by atoms with Crippen LogP contribution in [0.15, 0.2) is 30.3 Å². The first kappa shape index (κ1) is 13.8. The molecule has 1 aromatic carbocycles. The largest absolute Gasteiger partial charge is 0.359 e. The third kappa shape index (κ3) is 3.23. The maximum Gasteiger partial charge on any atom is 0.249 e. The highest BCUT2D eigenvalue weighted by atomic mass is 32.1. The summed E-state index contributed by atoms with van der Waals surface area (Å²) >= 11 is 5.07. The molecule has 0 atom stereocenters. The Hall–Kier alpha value is -1.62. The molecule has 2 rings (SSSR count). The molecule has 0 spiro atoms. The summed E-state index contributed by atoms with van der Waals surface area (Å²) in [6, 6.07) is 10.1. The van der Waals surface area contributed by atoms with E-state index in [1.54, 1.807) is 0 Å². The van der Waals surface area contributed by atoms with Gasteiger partial charge in [0.1, 0.15) is 0 Å². The average Bonchev–Trinajstić information content (AvgIpc) is 3.18. The van der Waals surface area contributed by atoms with Crippen LogP contribution in [0.2, 0.25) is 0 Å². The van der Waals surface area contributed by atoms with Gasteiger partial charge in [-0.25, -0.2) is 0 Å². The summed E-state index contributed by atoms with van der Waals surface area (Å²) < 4.78 is 0. The van der Waals surface area contributed by atoms with Gasteiger partial charge in [-0.15, -0.1) is 0 Å². The predicted molar refractivity (Wildman–Crippen MR) is 79.5 cm³/mol. The van der Waals surface area contributed by atoms with Crippen molar-refractivity contribution in [1.82, 2.24) is 16.2 Å². The lowest BCUT2D eigenvalue weighted by atomic mass is 9.95. The van der Waals surface area contributed by atoms with E-state index in [0.29, 0.717) is 5.11 Å². The van der Waals surface area contributed by atoms with Gasteiger partial charge in [-0.2, -0.15) is 0 Å². The van der Waals surface area contributed by atoms with Crippen LogP contribution in [-0.2, 0) is 10.2 Å². The van der Waals surface area contributed by atoms with Crippen molar-refractivity contribution in [1.29, 1.82) is 0 Å². The molecule has 19 heavy (non-hydrogen) atoms. The van der Waals surface area contributed by atoms with Gasteiger partial charge in [-0.3, -0.25) is 15.6 Å². The van der Waals surface area contributed by atoms with E-state index in [4.69, 9.17) is 12.2 Å². The van der Waals surface area contributed by atoms with E-state index < -0.39 is 0 Å². The van der Waals surface area contributed by atoms with Crippen LogP contribution in [0.1, 0.15) is 32.3 Å². The quantitative estimate of drug-likeness (QED) is 0.580. The Kier molecular flexibility index (Phi) is 4.04. The molecule has 1 aliphatic rings. The number of amides is 1. The highest BCUT2D eigenvalue weighted by Gasteiger charge is 2.51. The minimum Gasteiger partial charge on any atom is -0.359 e. The summed E-state index contributed by atoms with van der Waals surface area (Å²) in [5.41, 5.74) is 6.14. The summed E-state index contributed by atoms with van der Waals surface area (Å²) in [4.78, 5) is 12.3. The lowest BCUT2D eigenvalue weighted by Crippen LogP contribution is -2.51. The number of carbonyl (C=O) groups excluding carboxylic acids is 1. The molecule has 0 saturated heterocycles. The number of thiocarbonyl (C=S) groups is 1. The molecule has 1 aromatic rings. The Bertz CT molecular complexity index is 469. The lowest BCUT2D eigenvalue weighted by Gasteiger charge is -2.18. The number of hydrogen-bond donors (Lipinski definition) is 3. The third-order valence-corrected chi connectivity index (χ3v) is 3.44. The SMILES string of the molecule is CC(C)NC(=S)NNC(=O)C1(c2ccccc2)CC1. The molecular formula is C14H19N3OS. The van der Waals surface area contributed by atoms with Gasteiger partial charge in [0, 0.05) is 6.04 Å². The maximum atomic E-state index is 12.3. The third-order valence-electron chi connectivity index (χ3n) is 3.22. The highest BCUT2D eigenvalue weighted by Crippen LogP contribution is 2.48. The second-order valence-corrected chi connectivity index (χ2v) is 5.56. The molecule has 5 heteroatoms. The molecule has 1 fully saturated rings. The van der Waals surface area contributed by atoms with Gasteiger partial charge < -0.3 is 5.32 Å². The van der Waals surface area contributed by atoms with Crippen LogP contribution in [-0.4, -0.2) is 17.1 Å². The zero-order valence-electron chi connectivity index (χ0n) is 11.2. The van der Waals surface area contributed by atoms with E-state index >= 15 is 0 Å². The topological polar surface area (TPSA) is 53.2 Å². The summed E-state index contributed by atoms with van der Waals surface area (Å²) in [5, 5.41) is 3.45. The van der Waals surface area contributed by atoms with Crippen molar-refractivity contribution in [3.63, 3.8) is 0 Å². The van der Waals surface area contributed by atoms with Crippen LogP contribution in [0.5, 0.6) is 0 Å². The number of rotatable bonds is 3. The molecule has 1 saturated carbocycles. The van der Waals surface area contributed by atoms with Crippen molar-refractivity contribution in [2.75, 3.05) is 0 Å². The molecule has 0 unspecified atom stereocenters. The molecule has 3 N–H and O–H groups in total. The normalized spacial score (nSPS) is 15.7. The fraction of sp³-hybridized carbons (Fsp3) is 0.429. The fourth-order valence-electron chi connectivity index (χ4n) is 2.06. The smallest absolute Gasteiger partial charge is 0.249 e. The van der Waals surface area contributed by atoms with Crippen molar-refractivity contribution >= 4 is 23.2 Å². The van der Waals surface area contributed by atoms with E-state index in [-0.39, 0.29) is 17.4 Å². The number of hydrogen-bond acceptors (Lipinski definition) is 2. The number of hydrazine groups is 1. The molecular weight excluding hydrogens is 258 g/mol. The van der Waals surface area contributed by atoms with Crippen molar-refractivity contribution in [3.05, 3.63) is 35.9 Å². The van der Waals surface area contributed by atoms with E-state index in [9.17, 15) is 4.79 Å². The van der Waals surface area contributed by atoms with Crippen molar-refractivity contribution in [2.24, 2.45) is 0 Å². The van der Waals surface area contributed by atoms with Crippen molar-refractivity contribution in [2.45, 2.75) is 38.1 Å². The molecule has 102 valence electrons. The summed E-state index contributed by atoms with van der Waals surface area (Å²) in [5.74, 6) is -0.0217. The lowest BCUT2D eigenvalue weighted by molar-refractivity contribution is -0.124. The highest BCUT2D eigenvalue weighted by molar-refractivity contribution is 7.80. The Morgan fingerprint density at radius 2 is 1.84 bits per heavy atom. The number of nitrogens with one attached hydrogen (secondary N) is 3. The van der Waals surface area contributed by atoms with Gasteiger partial charge in [-0.1, -0.05) is 30.3 Å². The fourth-order valence-corrected chi connectivity index (χ4v) is 2.35. The summed E-state index contributed by atoms with van der Waals surface area (Å²) in [6.07, 6.45) is 1.77. The minimum absolute atomic E-state index is 0.0217. The molecule has 0 bridgehead atoms. The van der Waals surface area contributed by atoms with Gasteiger partial charge in [0.2, 0.25) is 5.91 Å². The van der Waals surface area contributed by atoms with E-state index in [0.717, 1.165) is 18.4 Å².